The highest BCUT2D eigenvalue weighted by atomic mass is 16.7. The van der Waals surface area contributed by atoms with Crippen LogP contribution >= 0.6 is 0 Å². The van der Waals surface area contributed by atoms with E-state index in [4.69, 9.17) is 14.2 Å². The van der Waals surface area contributed by atoms with Crippen LogP contribution in [0.3, 0.4) is 0 Å². The molecule has 12 heavy (non-hydrogen) atoms. The van der Waals surface area contributed by atoms with E-state index in [1.54, 1.807) is 20.3 Å². The van der Waals surface area contributed by atoms with Crippen LogP contribution in [-0.2, 0) is 14.2 Å². The molecular formula is C9H14O3. The molecule has 0 unspecified atom stereocenters. The van der Waals surface area contributed by atoms with E-state index in [1.807, 2.05) is 6.08 Å². The van der Waals surface area contributed by atoms with Gasteiger partial charge in [-0.15, -0.1) is 0 Å². The van der Waals surface area contributed by atoms with Crippen LogP contribution < -0.4 is 0 Å². The molecule has 3 nitrogen and oxygen atoms in total. The predicted molar refractivity (Wildman–Crippen MR) is 45.6 cm³/mol. The number of ether oxygens (including phenoxy) is 3. The molecule has 0 radical (unpaired) electrons. The van der Waals surface area contributed by atoms with Gasteiger partial charge < -0.3 is 14.2 Å². The highest BCUT2D eigenvalue weighted by molar-refractivity contribution is 5.13. The second-order valence-electron chi connectivity index (χ2n) is 2.57. The highest BCUT2D eigenvalue weighted by Gasteiger charge is 2.21. The molecule has 0 aliphatic carbocycles. The lowest BCUT2D eigenvalue weighted by Gasteiger charge is -2.26. The van der Waals surface area contributed by atoms with Gasteiger partial charge in [-0.3, -0.25) is 0 Å². The van der Waals surface area contributed by atoms with Gasteiger partial charge >= 0.3 is 0 Å². The fourth-order valence-corrected chi connectivity index (χ4v) is 1.10. The second kappa shape index (κ2) is 4.28. The van der Waals surface area contributed by atoms with Gasteiger partial charge in [-0.05, 0) is 12.2 Å². The fraction of sp³-hybridized carbons (Fsp3) is 0.556. The Labute approximate surface area is 72.6 Å². The third kappa shape index (κ3) is 2.09. The monoisotopic (exact) mass is 170 g/mol. The van der Waals surface area contributed by atoms with Crippen molar-refractivity contribution in [2.75, 3.05) is 14.2 Å². The Morgan fingerprint density at radius 3 is 2.83 bits per heavy atom. The van der Waals surface area contributed by atoms with E-state index >= 15 is 0 Å². The number of hydrogen-bond acceptors (Lipinski definition) is 3. The normalized spacial score (nSPS) is 29.0. The van der Waals surface area contributed by atoms with Gasteiger partial charge in [0.25, 0.3) is 0 Å². The molecule has 0 saturated carbocycles. The lowest BCUT2D eigenvalue weighted by molar-refractivity contribution is -0.122. The minimum atomic E-state index is -0.215. The van der Waals surface area contributed by atoms with E-state index in [2.05, 4.69) is 6.58 Å². The van der Waals surface area contributed by atoms with Crippen molar-refractivity contribution in [3.8, 4) is 0 Å². The fourth-order valence-electron chi connectivity index (χ4n) is 1.10. The zero-order chi connectivity index (χ0) is 8.97. The third-order valence-corrected chi connectivity index (χ3v) is 1.81. The zero-order valence-corrected chi connectivity index (χ0v) is 7.45. The first-order valence-electron chi connectivity index (χ1n) is 3.86. The van der Waals surface area contributed by atoms with Crippen LogP contribution in [-0.4, -0.2) is 26.6 Å². The first-order chi connectivity index (χ1) is 5.80. The van der Waals surface area contributed by atoms with Crippen molar-refractivity contribution in [2.24, 2.45) is 0 Å². The quantitative estimate of drug-likeness (QED) is 0.641. The molecule has 1 aliphatic heterocycles. The summed E-state index contributed by atoms with van der Waals surface area (Å²) in [5, 5.41) is 0. The van der Waals surface area contributed by atoms with E-state index in [-0.39, 0.29) is 12.4 Å². The molecule has 0 N–H and O–H groups in total. The Kier molecular flexibility index (Phi) is 3.31. The summed E-state index contributed by atoms with van der Waals surface area (Å²) in [6.07, 6.45) is 4.12. The molecule has 0 aromatic heterocycles. The van der Waals surface area contributed by atoms with Gasteiger partial charge in [0.1, 0.15) is 5.76 Å². The molecule has 0 amide bonds. The van der Waals surface area contributed by atoms with Crippen LogP contribution in [0.5, 0.6) is 0 Å². The molecule has 2 atom stereocenters. The third-order valence-electron chi connectivity index (χ3n) is 1.81. The molecule has 0 aromatic rings. The molecule has 68 valence electrons. The van der Waals surface area contributed by atoms with E-state index in [9.17, 15) is 0 Å². The molecule has 1 heterocycles. The maximum absolute atomic E-state index is 5.36. The maximum atomic E-state index is 5.36. The predicted octanol–water partition coefficient (Wildman–Crippen LogP) is 1.46. The van der Waals surface area contributed by atoms with E-state index < -0.39 is 0 Å². The van der Waals surface area contributed by atoms with Gasteiger partial charge in [-0.2, -0.15) is 0 Å². The molecule has 0 saturated heterocycles. The van der Waals surface area contributed by atoms with Crippen molar-refractivity contribution in [3.05, 3.63) is 24.5 Å². The topological polar surface area (TPSA) is 27.7 Å². The molecule has 0 spiro atoms. The average molecular weight is 170 g/mol. The SMILES string of the molecule is C=CC1=C[C@H](OC)C[C@@H](OC)O1. The molecule has 0 aromatic carbocycles. The Balaban J connectivity index is 2.63. The van der Waals surface area contributed by atoms with Gasteiger partial charge in [0.15, 0.2) is 0 Å². The van der Waals surface area contributed by atoms with Crippen LogP contribution in [0.25, 0.3) is 0 Å². The van der Waals surface area contributed by atoms with Crippen molar-refractivity contribution in [2.45, 2.75) is 18.8 Å². The molecule has 1 rings (SSSR count). The zero-order valence-electron chi connectivity index (χ0n) is 7.45. The van der Waals surface area contributed by atoms with Gasteiger partial charge in [0, 0.05) is 20.6 Å². The number of rotatable bonds is 3. The van der Waals surface area contributed by atoms with Crippen LogP contribution in [0.15, 0.2) is 24.5 Å². The summed E-state index contributed by atoms with van der Waals surface area (Å²) in [5.74, 6) is 0.722. The number of methoxy groups -OCH3 is 2. The van der Waals surface area contributed by atoms with Crippen molar-refractivity contribution < 1.29 is 14.2 Å². The molecule has 1 aliphatic rings. The summed E-state index contributed by atoms with van der Waals surface area (Å²) in [4.78, 5) is 0. The summed E-state index contributed by atoms with van der Waals surface area (Å²) in [5.41, 5.74) is 0. The first kappa shape index (κ1) is 9.29. The van der Waals surface area contributed by atoms with Crippen molar-refractivity contribution in [3.63, 3.8) is 0 Å². The van der Waals surface area contributed by atoms with Gasteiger partial charge in [0.2, 0.25) is 6.29 Å². The smallest absolute Gasteiger partial charge is 0.202 e. The van der Waals surface area contributed by atoms with Crippen LogP contribution in [0, 0.1) is 0 Å². The Bertz CT molecular complexity index is 186. The van der Waals surface area contributed by atoms with Gasteiger partial charge in [0.05, 0.1) is 6.10 Å². The van der Waals surface area contributed by atoms with E-state index in [0.717, 1.165) is 12.2 Å². The van der Waals surface area contributed by atoms with Gasteiger partial charge in [-0.1, -0.05) is 6.58 Å². The lowest BCUT2D eigenvalue weighted by atomic mass is 10.2. The van der Waals surface area contributed by atoms with Crippen molar-refractivity contribution in [1.82, 2.24) is 0 Å². The summed E-state index contributed by atoms with van der Waals surface area (Å²) in [6.45, 7) is 3.62. The minimum absolute atomic E-state index is 0.0664. The Hall–Kier alpha value is -0.800. The standard InChI is InChI=1S/C9H14O3/c1-4-7-5-8(10-2)6-9(11-3)12-7/h4-5,8-9H,1,6H2,2-3H3/t8-,9-/m0/s1. The number of allylic oxidation sites excluding steroid dienone is 1. The Morgan fingerprint density at radius 2 is 2.33 bits per heavy atom. The molecule has 3 heteroatoms. The van der Waals surface area contributed by atoms with Crippen LogP contribution in [0.4, 0.5) is 0 Å². The summed E-state index contributed by atoms with van der Waals surface area (Å²) < 4.78 is 15.6. The lowest BCUT2D eigenvalue weighted by Crippen LogP contribution is -2.27. The van der Waals surface area contributed by atoms with Crippen LogP contribution in [0.1, 0.15) is 6.42 Å². The first-order valence-corrected chi connectivity index (χ1v) is 3.86. The van der Waals surface area contributed by atoms with Gasteiger partial charge in [-0.25, -0.2) is 0 Å². The summed E-state index contributed by atoms with van der Waals surface area (Å²) in [7, 11) is 3.28. The van der Waals surface area contributed by atoms with Crippen molar-refractivity contribution >= 4 is 0 Å². The maximum Gasteiger partial charge on any atom is 0.202 e. The molecule has 0 bridgehead atoms. The Morgan fingerprint density at radius 1 is 1.58 bits per heavy atom. The second-order valence-corrected chi connectivity index (χ2v) is 2.57. The number of hydrogen-bond donors (Lipinski definition) is 0. The summed E-state index contributed by atoms with van der Waals surface area (Å²) >= 11 is 0. The van der Waals surface area contributed by atoms with Crippen LogP contribution in [0.2, 0.25) is 0 Å². The largest absolute Gasteiger partial charge is 0.465 e. The minimum Gasteiger partial charge on any atom is -0.465 e. The molecule has 0 fully saturated rings. The average Bonchev–Trinajstić information content (AvgIpc) is 2.16. The summed E-state index contributed by atoms with van der Waals surface area (Å²) in [6, 6.07) is 0. The van der Waals surface area contributed by atoms with E-state index in [1.165, 1.54) is 0 Å². The van der Waals surface area contributed by atoms with Crippen molar-refractivity contribution in [1.29, 1.82) is 0 Å². The van der Waals surface area contributed by atoms with E-state index in [0.29, 0.717) is 0 Å². The highest BCUT2D eigenvalue weighted by Crippen LogP contribution is 2.19. The molecular weight excluding hydrogens is 156 g/mol.